The number of rotatable bonds is 4. The lowest BCUT2D eigenvalue weighted by Gasteiger charge is -2.32. The van der Waals surface area contributed by atoms with E-state index in [0.717, 1.165) is 5.56 Å². The van der Waals surface area contributed by atoms with Crippen molar-refractivity contribution in [3.63, 3.8) is 0 Å². The van der Waals surface area contributed by atoms with Gasteiger partial charge in [0.2, 0.25) is 0 Å². The maximum atomic E-state index is 12.3. The molecule has 0 bridgehead atoms. The molecule has 2 amide bonds. The summed E-state index contributed by atoms with van der Waals surface area (Å²) in [6.45, 7) is 8.74. The summed E-state index contributed by atoms with van der Waals surface area (Å²) in [5.74, 6) is 0.711. The normalized spacial score (nSPS) is 12.7. The molecule has 1 heterocycles. The van der Waals surface area contributed by atoms with Crippen molar-refractivity contribution in [2.24, 2.45) is 12.5 Å². The molecule has 0 aliphatic rings. The van der Waals surface area contributed by atoms with Crippen molar-refractivity contribution >= 4 is 6.03 Å². The first-order valence-electron chi connectivity index (χ1n) is 7.71. The minimum atomic E-state index is -0.213. The van der Waals surface area contributed by atoms with Gasteiger partial charge in [0, 0.05) is 7.05 Å². The first-order chi connectivity index (χ1) is 10.8. The summed E-state index contributed by atoms with van der Waals surface area (Å²) < 4.78 is 1.64. The summed E-state index contributed by atoms with van der Waals surface area (Å²) in [4.78, 5) is 16.4. The number of urea groups is 1. The summed E-state index contributed by atoms with van der Waals surface area (Å²) in [7, 11) is 1.80. The minimum Gasteiger partial charge on any atom is -0.331 e. The molecule has 0 unspecified atom stereocenters. The van der Waals surface area contributed by atoms with Crippen molar-refractivity contribution in [2.45, 2.75) is 40.3 Å². The number of carbonyl (C=O) groups excluding carboxylic acids is 1. The fourth-order valence-electron chi connectivity index (χ4n) is 2.47. The van der Waals surface area contributed by atoms with E-state index in [2.05, 4.69) is 60.5 Å². The van der Waals surface area contributed by atoms with E-state index in [0.29, 0.717) is 12.4 Å². The molecule has 0 saturated heterocycles. The lowest BCUT2D eigenvalue weighted by molar-refractivity contribution is 0.218. The van der Waals surface area contributed by atoms with Gasteiger partial charge in [-0.05, 0) is 17.9 Å². The van der Waals surface area contributed by atoms with Gasteiger partial charge in [-0.15, -0.1) is 0 Å². The average Bonchev–Trinajstić information content (AvgIpc) is 2.86. The molecule has 2 rings (SSSR count). The molecule has 0 fully saturated rings. The second kappa shape index (κ2) is 6.81. The Labute approximate surface area is 137 Å². The van der Waals surface area contributed by atoms with Crippen LogP contribution in [0.3, 0.4) is 0 Å². The Morgan fingerprint density at radius 2 is 2.09 bits per heavy atom. The van der Waals surface area contributed by atoms with Crippen molar-refractivity contribution in [2.75, 3.05) is 0 Å². The summed E-state index contributed by atoms with van der Waals surface area (Å²) in [6.07, 6.45) is 1.47. The number of hydrogen-bond donors (Lipinski definition) is 2. The third-order valence-corrected chi connectivity index (χ3v) is 3.73. The number of benzene rings is 1. The van der Waals surface area contributed by atoms with Gasteiger partial charge >= 0.3 is 6.03 Å². The SMILES string of the molecule is Cc1cccc([C@@H](NC(=O)NCc2ncnn2C)C(C)(C)C)c1. The molecule has 0 radical (unpaired) electrons. The fraction of sp³-hybridized carbons (Fsp3) is 0.471. The van der Waals surface area contributed by atoms with E-state index in [9.17, 15) is 4.79 Å². The molecule has 1 atom stereocenters. The van der Waals surface area contributed by atoms with Crippen molar-refractivity contribution < 1.29 is 4.79 Å². The summed E-state index contributed by atoms with van der Waals surface area (Å²) in [5.41, 5.74) is 2.18. The van der Waals surface area contributed by atoms with Crippen LogP contribution < -0.4 is 10.6 Å². The molecule has 6 nitrogen and oxygen atoms in total. The molecule has 124 valence electrons. The van der Waals surface area contributed by atoms with Crippen LogP contribution >= 0.6 is 0 Å². The molecule has 1 aromatic carbocycles. The van der Waals surface area contributed by atoms with Gasteiger partial charge in [-0.25, -0.2) is 9.78 Å². The molecule has 2 N–H and O–H groups in total. The molecular formula is C17H25N5O. The maximum absolute atomic E-state index is 12.3. The van der Waals surface area contributed by atoms with Gasteiger partial charge in [-0.2, -0.15) is 5.10 Å². The van der Waals surface area contributed by atoms with Gasteiger partial charge < -0.3 is 10.6 Å². The van der Waals surface area contributed by atoms with Crippen LogP contribution in [0.25, 0.3) is 0 Å². The van der Waals surface area contributed by atoms with Crippen molar-refractivity contribution in [1.82, 2.24) is 25.4 Å². The largest absolute Gasteiger partial charge is 0.331 e. The highest BCUT2D eigenvalue weighted by molar-refractivity contribution is 5.74. The average molecular weight is 315 g/mol. The highest BCUT2D eigenvalue weighted by Crippen LogP contribution is 2.32. The number of aromatic nitrogens is 3. The van der Waals surface area contributed by atoms with Gasteiger partial charge in [0.1, 0.15) is 12.2 Å². The van der Waals surface area contributed by atoms with Gasteiger partial charge in [-0.1, -0.05) is 50.6 Å². The van der Waals surface area contributed by atoms with E-state index in [-0.39, 0.29) is 17.5 Å². The van der Waals surface area contributed by atoms with Crippen molar-refractivity contribution in [3.8, 4) is 0 Å². The molecule has 0 saturated carbocycles. The number of amides is 2. The zero-order valence-electron chi connectivity index (χ0n) is 14.4. The molecule has 23 heavy (non-hydrogen) atoms. The summed E-state index contributed by atoms with van der Waals surface area (Å²) in [6, 6.07) is 7.93. The van der Waals surface area contributed by atoms with Crippen LogP contribution in [0, 0.1) is 12.3 Å². The molecule has 2 aromatic rings. The quantitative estimate of drug-likeness (QED) is 0.911. The Balaban J connectivity index is 2.06. The first kappa shape index (κ1) is 17.0. The lowest BCUT2D eigenvalue weighted by atomic mass is 9.82. The van der Waals surface area contributed by atoms with E-state index in [1.807, 2.05) is 12.1 Å². The fourth-order valence-corrected chi connectivity index (χ4v) is 2.47. The molecular weight excluding hydrogens is 290 g/mol. The van der Waals surface area contributed by atoms with E-state index < -0.39 is 0 Å². The summed E-state index contributed by atoms with van der Waals surface area (Å²) in [5, 5.41) is 9.90. The Hall–Kier alpha value is -2.37. The van der Waals surface area contributed by atoms with Gasteiger partial charge in [0.05, 0.1) is 12.6 Å². The second-order valence-corrected chi connectivity index (χ2v) is 6.84. The number of carbonyl (C=O) groups is 1. The Morgan fingerprint density at radius 1 is 1.35 bits per heavy atom. The van der Waals surface area contributed by atoms with Crippen LogP contribution in [0.4, 0.5) is 4.79 Å². The molecule has 1 aromatic heterocycles. The van der Waals surface area contributed by atoms with Crippen LogP contribution in [0.15, 0.2) is 30.6 Å². The van der Waals surface area contributed by atoms with Crippen LogP contribution in [-0.4, -0.2) is 20.8 Å². The van der Waals surface area contributed by atoms with Gasteiger partial charge in [-0.3, -0.25) is 4.68 Å². The van der Waals surface area contributed by atoms with E-state index in [4.69, 9.17) is 0 Å². The number of nitrogens with zero attached hydrogens (tertiary/aromatic N) is 3. The summed E-state index contributed by atoms with van der Waals surface area (Å²) >= 11 is 0. The predicted octanol–water partition coefficient (Wildman–Crippen LogP) is 2.71. The number of hydrogen-bond acceptors (Lipinski definition) is 3. The molecule has 0 spiro atoms. The molecule has 0 aliphatic heterocycles. The second-order valence-electron chi connectivity index (χ2n) is 6.84. The van der Waals surface area contributed by atoms with Crippen molar-refractivity contribution in [3.05, 3.63) is 47.5 Å². The third kappa shape index (κ3) is 4.55. The van der Waals surface area contributed by atoms with E-state index >= 15 is 0 Å². The highest BCUT2D eigenvalue weighted by Gasteiger charge is 2.27. The van der Waals surface area contributed by atoms with Crippen LogP contribution in [0.2, 0.25) is 0 Å². The lowest BCUT2D eigenvalue weighted by Crippen LogP contribution is -2.42. The molecule has 6 heteroatoms. The van der Waals surface area contributed by atoms with Crippen LogP contribution in [-0.2, 0) is 13.6 Å². The van der Waals surface area contributed by atoms with Crippen molar-refractivity contribution in [1.29, 1.82) is 0 Å². The monoisotopic (exact) mass is 315 g/mol. The maximum Gasteiger partial charge on any atom is 0.315 e. The number of nitrogens with one attached hydrogen (secondary N) is 2. The van der Waals surface area contributed by atoms with Crippen LogP contribution in [0.5, 0.6) is 0 Å². The van der Waals surface area contributed by atoms with Gasteiger partial charge in [0.25, 0.3) is 0 Å². The topological polar surface area (TPSA) is 71.8 Å². The minimum absolute atomic E-state index is 0.0816. The zero-order chi connectivity index (χ0) is 17.0. The van der Waals surface area contributed by atoms with Gasteiger partial charge in [0.15, 0.2) is 0 Å². The first-order valence-corrected chi connectivity index (χ1v) is 7.71. The third-order valence-electron chi connectivity index (χ3n) is 3.73. The van der Waals surface area contributed by atoms with Crippen LogP contribution in [0.1, 0.15) is 43.8 Å². The smallest absolute Gasteiger partial charge is 0.315 e. The highest BCUT2D eigenvalue weighted by atomic mass is 16.2. The Bertz CT molecular complexity index is 672. The Morgan fingerprint density at radius 3 is 2.65 bits per heavy atom. The predicted molar refractivity (Wildman–Crippen MR) is 89.7 cm³/mol. The van der Waals surface area contributed by atoms with E-state index in [1.165, 1.54) is 11.9 Å². The zero-order valence-corrected chi connectivity index (χ0v) is 14.4. The standard InChI is InChI=1S/C17H25N5O/c1-12-7-6-8-13(9-12)15(17(2,3)4)21-16(23)18-10-14-19-11-20-22(14)5/h6-9,11,15H,10H2,1-5H3,(H2,18,21,23)/t15-/m1/s1. The molecule has 0 aliphatic carbocycles. The van der Waals surface area contributed by atoms with E-state index in [1.54, 1.807) is 11.7 Å². The Kier molecular flexibility index (Phi) is 5.03. The number of aryl methyl sites for hydroxylation is 2.